The van der Waals surface area contributed by atoms with Gasteiger partial charge in [-0.3, -0.25) is 0 Å². The lowest BCUT2D eigenvalue weighted by Crippen LogP contribution is -2.38. The number of anilines is 2. The second kappa shape index (κ2) is 20.6. The average molecular weight is 1050 g/mol. The fraction of sp³-hybridized carbons (Fsp3) is 0.0667. The SMILES string of the molecule is O=C(OCCCOC(=O)c1ccc(N(S(=O)(=O)c2ccccc2C(=O)O)S(=O)(=O)c2ccccc2C(=O)O)cc1)c1ccc(N(S(=O)(=O)c2ccccc2C(=O)O)S(=O)(=O)c2ccccc2C(=O)O)cc1. The number of esters is 2. The molecule has 0 saturated carbocycles. The number of benzene rings is 6. The first-order valence-corrected chi connectivity index (χ1v) is 25.6. The maximum atomic E-state index is 14.1. The first kappa shape index (κ1) is 51.9. The predicted octanol–water partition coefficient (Wildman–Crippen LogP) is 5.05. The van der Waals surface area contributed by atoms with Crippen LogP contribution in [0.25, 0.3) is 0 Å². The summed E-state index contributed by atoms with van der Waals surface area (Å²) in [6.07, 6.45) is -0.139. The van der Waals surface area contributed by atoms with Crippen molar-refractivity contribution < 1.29 is 92.3 Å². The van der Waals surface area contributed by atoms with Gasteiger partial charge in [-0.15, -0.1) is 0 Å². The van der Waals surface area contributed by atoms with E-state index >= 15 is 0 Å². The first-order chi connectivity index (χ1) is 33.4. The van der Waals surface area contributed by atoms with Gasteiger partial charge in [0.25, 0.3) is 40.1 Å². The van der Waals surface area contributed by atoms with E-state index in [-0.39, 0.29) is 25.0 Å². The number of hydrogen-bond acceptors (Lipinski definition) is 16. The zero-order valence-corrected chi connectivity index (χ0v) is 39.1. The van der Waals surface area contributed by atoms with Gasteiger partial charge in [-0.05, 0) is 97.1 Å². The van der Waals surface area contributed by atoms with E-state index in [1.807, 2.05) is 0 Å². The highest BCUT2D eigenvalue weighted by molar-refractivity contribution is 8.11. The van der Waals surface area contributed by atoms with E-state index < -0.39 is 142 Å². The number of carbonyl (C=O) groups excluding carboxylic acids is 2. The molecule has 4 N–H and O–H groups in total. The molecule has 71 heavy (non-hydrogen) atoms. The van der Waals surface area contributed by atoms with Gasteiger partial charge in [0.05, 0.1) is 58.0 Å². The van der Waals surface area contributed by atoms with E-state index in [2.05, 4.69) is 0 Å². The Morgan fingerprint density at radius 2 is 0.577 bits per heavy atom. The van der Waals surface area contributed by atoms with Crippen molar-refractivity contribution in [1.82, 2.24) is 0 Å². The zero-order chi connectivity index (χ0) is 52.1. The fourth-order valence-corrected chi connectivity index (χ4v) is 14.7. The van der Waals surface area contributed by atoms with E-state index in [1.54, 1.807) is 0 Å². The number of sulfonamides is 4. The molecule has 6 rings (SSSR count). The molecule has 0 aliphatic carbocycles. The van der Waals surface area contributed by atoms with Crippen molar-refractivity contribution in [1.29, 1.82) is 0 Å². The smallest absolute Gasteiger partial charge is 0.338 e. The zero-order valence-electron chi connectivity index (χ0n) is 35.8. The van der Waals surface area contributed by atoms with Gasteiger partial charge >= 0.3 is 35.8 Å². The Morgan fingerprint density at radius 1 is 0.352 bits per heavy atom. The lowest BCUT2D eigenvalue weighted by molar-refractivity contribution is 0.0393. The number of hydrogen-bond donors (Lipinski definition) is 4. The number of carboxylic acid groups (broad SMARTS) is 4. The van der Waals surface area contributed by atoms with Gasteiger partial charge in [0, 0.05) is 6.42 Å². The van der Waals surface area contributed by atoms with E-state index in [1.165, 1.54) is 24.3 Å². The molecule has 6 aromatic rings. The molecule has 0 atom stereocenters. The molecule has 6 aromatic carbocycles. The lowest BCUT2D eigenvalue weighted by atomic mass is 10.2. The Balaban J connectivity index is 1.17. The highest BCUT2D eigenvalue weighted by Crippen LogP contribution is 2.36. The van der Waals surface area contributed by atoms with Crippen LogP contribution >= 0.6 is 0 Å². The van der Waals surface area contributed by atoms with Crippen molar-refractivity contribution in [2.24, 2.45) is 0 Å². The maximum Gasteiger partial charge on any atom is 0.338 e. The maximum absolute atomic E-state index is 14.1. The summed E-state index contributed by atoms with van der Waals surface area (Å²) in [6.45, 7) is -0.806. The Morgan fingerprint density at radius 3 is 0.803 bits per heavy atom. The molecular weight excluding hydrogens is 1020 g/mol. The summed E-state index contributed by atoms with van der Waals surface area (Å²) in [5.41, 5.74) is -5.07. The first-order valence-electron chi connectivity index (χ1n) is 19.9. The normalized spacial score (nSPS) is 11.7. The average Bonchev–Trinajstić information content (AvgIpc) is 3.33. The monoisotopic (exact) mass is 1050 g/mol. The standard InChI is InChI=1S/C45H34N2O20S4/c48-40(49)32-10-1-5-14-36(32)68(58,59)46(69(60,61)37-15-6-2-11-33(37)41(50)51)30-22-18-28(19-23-30)44(56)66-26-9-27-67-45(57)29-20-24-31(25-21-29)47(70(62,63)38-16-7-3-12-34(38)42(52)53)71(64,65)39-17-8-4-13-35(39)43(54)55/h1-8,10-25H,9,26-27H2,(H,48,49)(H,50,51)(H,52,53)(H,54,55). The molecule has 0 bridgehead atoms. The van der Waals surface area contributed by atoms with Crippen LogP contribution in [0, 0.1) is 0 Å². The van der Waals surface area contributed by atoms with E-state index in [4.69, 9.17) is 9.47 Å². The molecule has 0 aromatic heterocycles. The third-order valence-electron chi connectivity index (χ3n) is 9.84. The quantitative estimate of drug-likeness (QED) is 0.0574. The lowest BCUT2D eigenvalue weighted by Gasteiger charge is -2.25. The Hall–Kier alpha value is -8.46. The summed E-state index contributed by atoms with van der Waals surface area (Å²) < 4.78 is 123. The molecule has 0 unspecified atom stereocenters. The largest absolute Gasteiger partial charge is 0.478 e. The number of carbonyl (C=O) groups is 6. The highest BCUT2D eigenvalue weighted by Gasteiger charge is 2.42. The summed E-state index contributed by atoms with van der Waals surface area (Å²) in [5, 5.41) is 38.9. The van der Waals surface area contributed by atoms with Crippen LogP contribution in [0.1, 0.15) is 68.6 Å². The Bertz CT molecular complexity index is 3170. The van der Waals surface area contributed by atoms with Crippen molar-refractivity contribution >= 4 is 87.3 Å². The van der Waals surface area contributed by atoms with Crippen molar-refractivity contribution in [3.8, 4) is 0 Å². The topological polar surface area (TPSA) is 345 Å². The molecule has 26 heteroatoms. The molecule has 0 heterocycles. The third-order valence-corrected chi connectivity index (χ3v) is 18.4. The molecule has 0 saturated heterocycles. The van der Waals surface area contributed by atoms with Gasteiger partial charge in [-0.2, -0.15) is 41.1 Å². The highest BCUT2D eigenvalue weighted by atomic mass is 32.3. The molecule has 0 radical (unpaired) electrons. The van der Waals surface area contributed by atoms with Crippen LogP contribution in [0.15, 0.2) is 165 Å². The van der Waals surface area contributed by atoms with Gasteiger partial charge in [-0.25, -0.2) is 28.8 Å². The third kappa shape index (κ3) is 10.6. The molecule has 0 aliphatic rings. The van der Waals surface area contributed by atoms with Crippen LogP contribution in [-0.4, -0.2) is 103 Å². The minimum atomic E-state index is -5.38. The summed E-state index contributed by atoms with van der Waals surface area (Å²) in [7, 11) is -21.5. The molecule has 22 nitrogen and oxygen atoms in total. The van der Waals surface area contributed by atoms with E-state index in [0.717, 1.165) is 121 Å². The number of aromatic carboxylic acids is 4. The van der Waals surface area contributed by atoms with Crippen LogP contribution in [0.4, 0.5) is 11.4 Å². The van der Waals surface area contributed by atoms with Crippen LogP contribution in [-0.2, 0) is 49.6 Å². The van der Waals surface area contributed by atoms with Gasteiger partial charge in [-0.1, -0.05) is 48.5 Å². The van der Waals surface area contributed by atoms with E-state index in [0.29, 0.717) is 0 Å². The molecule has 0 spiro atoms. The Labute approximate surface area is 403 Å². The van der Waals surface area contributed by atoms with Gasteiger partial charge < -0.3 is 29.9 Å². The van der Waals surface area contributed by atoms with Gasteiger partial charge in [0.1, 0.15) is 19.6 Å². The summed E-state index contributed by atoms with van der Waals surface area (Å²) >= 11 is 0. The predicted molar refractivity (Wildman–Crippen MR) is 245 cm³/mol. The van der Waals surface area contributed by atoms with Crippen LogP contribution in [0.2, 0.25) is 0 Å². The number of ether oxygens (including phenoxy) is 2. The van der Waals surface area contributed by atoms with Gasteiger partial charge in [0.15, 0.2) is 0 Å². The second-order valence-electron chi connectivity index (χ2n) is 14.3. The summed E-state index contributed by atoms with van der Waals surface area (Å²) in [5.74, 6) is -8.97. The minimum absolute atomic E-state index is 0.139. The van der Waals surface area contributed by atoms with Crippen LogP contribution in [0.3, 0.4) is 0 Å². The van der Waals surface area contributed by atoms with Crippen LogP contribution < -0.4 is 7.42 Å². The van der Waals surface area contributed by atoms with Gasteiger partial charge in [0.2, 0.25) is 0 Å². The van der Waals surface area contributed by atoms with Crippen molar-refractivity contribution in [3.63, 3.8) is 0 Å². The molecule has 0 aliphatic heterocycles. The molecule has 368 valence electrons. The molecule has 0 amide bonds. The molecule has 0 fully saturated rings. The second-order valence-corrected chi connectivity index (χ2v) is 21.8. The number of nitrogens with zero attached hydrogens (tertiary/aromatic N) is 2. The van der Waals surface area contributed by atoms with Crippen molar-refractivity contribution in [3.05, 3.63) is 179 Å². The van der Waals surface area contributed by atoms with E-state index in [9.17, 15) is 82.9 Å². The fourth-order valence-electron chi connectivity index (χ4n) is 6.64. The van der Waals surface area contributed by atoms with Crippen molar-refractivity contribution in [2.45, 2.75) is 26.0 Å². The number of rotatable bonds is 20. The summed E-state index contributed by atoms with van der Waals surface area (Å²) in [4.78, 5) is 70.1. The minimum Gasteiger partial charge on any atom is -0.478 e. The van der Waals surface area contributed by atoms with Crippen LogP contribution in [0.5, 0.6) is 0 Å². The van der Waals surface area contributed by atoms with Crippen molar-refractivity contribution in [2.75, 3.05) is 20.6 Å². The molecular formula is C45H34N2O20S4. The number of carboxylic acids is 4. The Kier molecular flexibility index (Phi) is 15.1. The summed E-state index contributed by atoms with van der Waals surface area (Å²) in [6, 6.07) is 23.7.